The third kappa shape index (κ3) is 4.86. The fourth-order valence-corrected chi connectivity index (χ4v) is 3.46. The molecule has 0 radical (unpaired) electrons. The van der Waals surface area contributed by atoms with Gasteiger partial charge in [0, 0.05) is 18.7 Å². The van der Waals surface area contributed by atoms with Crippen LogP contribution in [0.5, 0.6) is 11.6 Å². The molecule has 174 valence electrons. The van der Waals surface area contributed by atoms with Gasteiger partial charge in [0.25, 0.3) is 5.65 Å². The number of oxime groups is 1. The molecule has 1 aromatic carbocycles. The van der Waals surface area contributed by atoms with Crippen LogP contribution in [-0.2, 0) is 12.7 Å². The molecule has 3 heterocycles. The SMILES string of the molecule is O=c1c(-c2cccc(C(F)(F)F)c2)c([O-])[n+](CCC=NOc2ccc(Cl)nc2)c2ccccn12. The van der Waals surface area contributed by atoms with Crippen LogP contribution >= 0.6 is 11.6 Å². The lowest BCUT2D eigenvalue weighted by molar-refractivity contribution is -0.714. The van der Waals surface area contributed by atoms with Crippen LogP contribution in [0.25, 0.3) is 16.8 Å². The van der Waals surface area contributed by atoms with E-state index in [9.17, 15) is 23.1 Å². The van der Waals surface area contributed by atoms with Crippen molar-refractivity contribution in [1.82, 2.24) is 9.38 Å². The lowest BCUT2D eigenvalue weighted by Crippen LogP contribution is -2.44. The summed E-state index contributed by atoms with van der Waals surface area (Å²) >= 11 is 5.71. The van der Waals surface area contributed by atoms with Gasteiger partial charge in [-0.15, -0.1) is 0 Å². The summed E-state index contributed by atoms with van der Waals surface area (Å²) in [6.45, 7) is 0.102. The number of pyridine rings is 2. The minimum Gasteiger partial charge on any atom is -0.842 e. The largest absolute Gasteiger partial charge is 0.842 e. The normalized spacial score (nSPS) is 11.9. The minimum absolute atomic E-state index is 0.102. The summed E-state index contributed by atoms with van der Waals surface area (Å²) in [6, 6.07) is 12.1. The van der Waals surface area contributed by atoms with Gasteiger partial charge in [0.2, 0.25) is 0 Å². The van der Waals surface area contributed by atoms with E-state index in [2.05, 4.69) is 10.1 Å². The van der Waals surface area contributed by atoms with E-state index in [0.29, 0.717) is 16.5 Å². The van der Waals surface area contributed by atoms with Crippen molar-refractivity contribution in [2.75, 3.05) is 0 Å². The van der Waals surface area contributed by atoms with E-state index in [-0.39, 0.29) is 24.1 Å². The van der Waals surface area contributed by atoms with E-state index in [4.69, 9.17) is 16.4 Å². The van der Waals surface area contributed by atoms with Crippen molar-refractivity contribution in [3.8, 4) is 22.8 Å². The van der Waals surface area contributed by atoms with Crippen LogP contribution in [0.2, 0.25) is 5.15 Å². The number of nitrogens with zero attached hydrogens (tertiary/aromatic N) is 4. The highest BCUT2D eigenvalue weighted by Gasteiger charge is 2.31. The molecule has 0 aliphatic carbocycles. The van der Waals surface area contributed by atoms with Gasteiger partial charge in [-0.2, -0.15) is 17.6 Å². The first kappa shape index (κ1) is 23.2. The maximum atomic E-state index is 13.3. The Morgan fingerprint density at radius 3 is 2.74 bits per heavy atom. The Hall–Kier alpha value is -3.92. The number of hydrogen-bond acceptors (Lipinski definition) is 5. The average Bonchev–Trinajstić information content (AvgIpc) is 2.82. The van der Waals surface area contributed by atoms with Crippen molar-refractivity contribution >= 4 is 23.5 Å². The van der Waals surface area contributed by atoms with E-state index in [1.807, 2.05) is 0 Å². The summed E-state index contributed by atoms with van der Waals surface area (Å²) in [4.78, 5) is 22.1. The molecule has 0 fully saturated rings. The third-order valence-corrected chi connectivity index (χ3v) is 5.12. The molecule has 0 spiro atoms. The molecule has 3 aromatic heterocycles. The summed E-state index contributed by atoms with van der Waals surface area (Å²) < 4.78 is 42.1. The maximum absolute atomic E-state index is 13.3. The summed E-state index contributed by atoms with van der Waals surface area (Å²) in [5, 5.41) is 17.4. The number of rotatable bonds is 6. The van der Waals surface area contributed by atoms with Gasteiger partial charge in [0.1, 0.15) is 10.7 Å². The zero-order chi connectivity index (χ0) is 24.3. The third-order valence-electron chi connectivity index (χ3n) is 4.90. The fraction of sp³-hybridized carbons (Fsp3) is 0.130. The topological polar surface area (TPSA) is 82.9 Å². The second-order valence-corrected chi connectivity index (χ2v) is 7.52. The van der Waals surface area contributed by atoms with E-state index < -0.39 is 23.2 Å². The zero-order valence-electron chi connectivity index (χ0n) is 17.4. The molecule has 0 unspecified atom stereocenters. The molecule has 0 N–H and O–H groups in total. The summed E-state index contributed by atoms with van der Waals surface area (Å²) in [5.74, 6) is -0.340. The average molecular weight is 489 g/mol. The van der Waals surface area contributed by atoms with Gasteiger partial charge in [-0.3, -0.25) is 0 Å². The number of aryl methyl sites for hydroxylation is 1. The van der Waals surface area contributed by atoms with E-state index in [1.165, 1.54) is 39.7 Å². The molecule has 4 aromatic rings. The summed E-state index contributed by atoms with van der Waals surface area (Å²) in [5.41, 5.74) is -1.82. The summed E-state index contributed by atoms with van der Waals surface area (Å²) in [7, 11) is 0. The highest BCUT2D eigenvalue weighted by molar-refractivity contribution is 6.29. The highest BCUT2D eigenvalue weighted by atomic mass is 35.5. The number of aromatic nitrogens is 3. The molecule has 0 saturated carbocycles. The van der Waals surface area contributed by atoms with Crippen LogP contribution in [0.3, 0.4) is 0 Å². The molecule has 34 heavy (non-hydrogen) atoms. The van der Waals surface area contributed by atoms with Crippen LogP contribution in [0.15, 0.2) is 76.9 Å². The molecule has 7 nitrogen and oxygen atoms in total. The standard InChI is InChI=1S/C23H16ClF3N4O3/c24-18-9-8-17(14-28-18)34-29-10-4-12-31-19-7-1-2-11-30(19)21(32)20(22(31)33)15-5-3-6-16(13-15)23(25,26)27/h1-3,5-11,13-14H,4,12H2. The van der Waals surface area contributed by atoms with Crippen molar-refractivity contribution in [3.63, 3.8) is 0 Å². The van der Waals surface area contributed by atoms with Gasteiger partial charge >= 0.3 is 11.7 Å². The molecule has 11 heteroatoms. The highest BCUT2D eigenvalue weighted by Crippen LogP contribution is 2.32. The van der Waals surface area contributed by atoms with Crippen LogP contribution in [0, 0.1) is 0 Å². The Morgan fingerprint density at radius 2 is 2.00 bits per heavy atom. The van der Waals surface area contributed by atoms with Crippen molar-refractivity contribution in [1.29, 1.82) is 0 Å². The lowest BCUT2D eigenvalue weighted by atomic mass is 10.0. The van der Waals surface area contributed by atoms with E-state index in [0.717, 1.165) is 18.2 Å². The Balaban J connectivity index is 1.68. The fourth-order valence-electron chi connectivity index (χ4n) is 3.34. The van der Waals surface area contributed by atoms with Gasteiger partial charge in [0.05, 0.1) is 30.4 Å². The van der Waals surface area contributed by atoms with Crippen molar-refractivity contribution in [2.45, 2.75) is 19.1 Å². The summed E-state index contributed by atoms with van der Waals surface area (Å²) in [6.07, 6.45) is -0.0997. The second-order valence-electron chi connectivity index (χ2n) is 7.13. The molecular weight excluding hydrogens is 473 g/mol. The van der Waals surface area contributed by atoms with Crippen molar-refractivity contribution in [2.24, 2.45) is 5.16 Å². The van der Waals surface area contributed by atoms with Gasteiger partial charge in [-0.05, 0) is 35.9 Å². The van der Waals surface area contributed by atoms with Crippen LogP contribution in [0.1, 0.15) is 12.0 Å². The Bertz CT molecular complexity index is 1420. The Morgan fingerprint density at radius 1 is 1.18 bits per heavy atom. The van der Waals surface area contributed by atoms with Gasteiger partial charge in [-0.1, -0.05) is 35.0 Å². The second kappa shape index (κ2) is 9.52. The zero-order valence-corrected chi connectivity index (χ0v) is 18.1. The van der Waals surface area contributed by atoms with Crippen molar-refractivity contribution < 1.29 is 27.7 Å². The Kier molecular flexibility index (Phi) is 6.51. The van der Waals surface area contributed by atoms with Crippen LogP contribution < -0.4 is 20.1 Å². The first-order chi connectivity index (χ1) is 16.3. The molecule has 0 saturated heterocycles. The monoisotopic (exact) mass is 488 g/mol. The maximum Gasteiger partial charge on any atom is 0.416 e. The van der Waals surface area contributed by atoms with Crippen LogP contribution in [-0.4, -0.2) is 15.6 Å². The molecule has 0 amide bonds. The molecule has 4 rings (SSSR count). The van der Waals surface area contributed by atoms with Gasteiger partial charge < -0.3 is 9.94 Å². The van der Waals surface area contributed by atoms with Gasteiger partial charge in [-0.25, -0.2) is 14.3 Å². The first-order valence-corrected chi connectivity index (χ1v) is 10.4. The predicted octanol–water partition coefficient (Wildman–Crippen LogP) is 3.85. The number of fused-ring (bicyclic) bond motifs is 1. The van der Waals surface area contributed by atoms with Crippen molar-refractivity contribution in [3.05, 3.63) is 88.1 Å². The van der Waals surface area contributed by atoms with E-state index >= 15 is 0 Å². The number of hydrogen-bond donors (Lipinski definition) is 0. The molecule has 0 aliphatic heterocycles. The smallest absolute Gasteiger partial charge is 0.416 e. The number of benzene rings is 1. The quantitative estimate of drug-likeness (QED) is 0.179. The minimum atomic E-state index is -4.61. The predicted molar refractivity (Wildman–Crippen MR) is 117 cm³/mol. The van der Waals surface area contributed by atoms with Crippen LogP contribution in [0.4, 0.5) is 13.2 Å². The molecule has 0 aliphatic rings. The van der Waals surface area contributed by atoms with Gasteiger partial charge in [0.15, 0.2) is 5.75 Å². The van der Waals surface area contributed by atoms with E-state index in [1.54, 1.807) is 24.3 Å². The first-order valence-electron chi connectivity index (χ1n) is 9.98. The Labute approximate surface area is 196 Å². The lowest BCUT2D eigenvalue weighted by Gasteiger charge is -2.17. The molecule has 0 atom stereocenters. The number of alkyl halides is 3. The molecular formula is C23H16ClF3N4O3. The molecule has 0 bridgehead atoms. The number of halogens is 4.